The van der Waals surface area contributed by atoms with Crippen LogP contribution in [0.2, 0.25) is 4.34 Å². The van der Waals surface area contributed by atoms with Crippen LogP contribution in [0.1, 0.15) is 15.7 Å². The van der Waals surface area contributed by atoms with Crippen LogP contribution in [0.15, 0.2) is 11.6 Å². The minimum atomic E-state index is 0.743. The van der Waals surface area contributed by atoms with Crippen LogP contribution in [0, 0.1) is 6.92 Å². The molecule has 16 heavy (non-hydrogen) atoms. The summed E-state index contributed by atoms with van der Waals surface area (Å²) in [5.74, 6) is 0. The third kappa shape index (κ3) is 3.52. The Hall–Kier alpha value is -0.490. The second-order valence-electron chi connectivity index (χ2n) is 3.34. The molecule has 0 atom stereocenters. The van der Waals surface area contributed by atoms with Crippen molar-refractivity contribution in [2.24, 2.45) is 0 Å². The summed E-state index contributed by atoms with van der Waals surface area (Å²) in [5.41, 5.74) is 1.16. The van der Waals surface area contributed by atoms with E-state index in [4.69, 9.17) is 11.6 Å². The zero-order valence-electron chi connectivity index (χ0n) is 8.86. The number of aromatic nitrogens is 2. The summed E-state index contributed by atoms with van der Waals surface area (Å²) in [6.07, 6.45) is 2.65. The summed E-state index contributed by atoms with van der Waals surface area (Å²) in [6.45, 7) is 3.72. The van der Waals surface area contributed by atoms with Gasteiger partial charge >= 0.3 is 0 Å². The van der Waals surface area contributed by atoms with E-state index in [0.29, 0.717) is 0 Å². The number of halogens is 1. The average molecular weight is 274 g/mol. The van der Waals surface area contributed by atoms with Crippen LogP contribution in [0.3, 0.4) is 0 Å². The Kier molecular flexibility index (Phi) is 4.29. The molecule has 0 spiro atoms. The van der Waals surface area contributed by atoms with Gasteiger partial charge in [0, 0.05) is 24.9 Å². The number of hydrogen-bond donors (Lipinski definition) is 1. The third-order valence-corrected chi connectivity index (χ3v) is 3.96. The van der Waals surface area contributed by atoms with E-state index < -0.39 is 0 Å². The van der Waals surface area contributed by atoms with Crippen molar-refractivity contribution in [3.05, 3.63) is 31.6 Å². The Morgan fingerprint density at radius 1 is 1.50 bits per heavy atom. The van der Waals surface area contributed by atoms with Gasteiger partial charge in [0.2, 0.25) is 0 Å². The van der Waals surface area contributed by atoms with Crippen molar-refractivity contribution in [3.63, 3.8) is 0 Å². The van der Waals surface area contributed by atoms with Gasteiger partial charge in [-0.2, -0.15) is 0 Å². The maximum absolute atomic E-state index is 5.79. The van der Waals surface area contributed by atoms with Crippen molar-refractivity contribution in [2.45, 2.75) is 19.9 Å². The second kappa shape index (κ2) is 5.72. The molecule has 86 valence electrons. The van der Waals surface area contributed by atoms with Gasteiger partial charge in [0.15, 0.2) is 0 Å². The Balaban J connectivity index is 1.69. The van der Waals surface area contributed by atoms with Crippen molar-refractivity contribution in [1.82, 2.24) is 15.3 Å². The highest BCUT2D eigenvalue weighted by Crippen LogP contribution is 2.17. The number of nitrogens with zero attached hydrogens (tertiary/aromatic N) is 2. The molecule has 3 nitrogen and oxygen atoms in total. The molecule has 2 aromatic heterocycles. The smallest absolute Gasteiger partial charge is 0.113 e. The predicted octanol–water partition coefficient (Wildman–Crippen LogP) is 2.89. The molecular formula is C10H12ClN3S2. The van der Waals surface area contributed by atoms with Crippen LogP contribution in [0.4, 0.5) is 0 Å². The van der Waals surface area contributed by atoms with Crippen LogP contribution in [-0.4, -0.2) is 16.5 Å². The maximum Gasteiger partial charge on any atom is 0.113 e. The van der Waals surface area contributed by atoms with Crippen molar-refractivity contribution in [2.75, 3.05) is 6.54 Å². The third-order valence-electron chi connectivity index (χ3n) is 2.03. The number of aryl methyl sites for hydroxylation is 1. The Bertz CT molecular complexity index is 410. The van der Waals surface area contributed by atoms with Gasteiger partial charge in [-0.25, -0.2) is 9.97 Å². The van der Waals surface area contributed by atoms with E-state index in [9.17, 15) is 0 Å². The van der Waals surface area contributed by atoms with Gasteiger partial charge in [-0.3, -0.25) is 0 Å². The SMILES string of the molecule is Cc1nc(CCNCc2ncc(Cl)s2)cs1. The molecule has 0 saturated heterocycles. The first-order chi connectivity index (χ1) is 7.74. The minimum Gasteiger partial charge on any atom is -0.310 e. The highest BCUT2D eigenvalue weighted by Gasteiger charge is 2.00. The Labute approximate surface area is 108 Å². The molecule has 6 heteroatoms. The largest absolute Gasteiger partial charge is 0.310 e. The Morgan fingerprint density at radius 2 is 2.38 bits per heavy atom. The summed E-state index contributed by atoms with van der Waals surface area (Å²) < 4.78 is 0.743. The fourth-order valence-corrected chi connectivity index (χ4v) is 2.88. The van der Waals surface area contributed by atoms with E-state index >= 15 is 0 Å². The van der Waals surface area contributed by atoms with Gasteiger partial charge in [0.25, 0.3) is 0 Å². The summed E-state index contributed by atoms with van der Waals surface area (Å²) in [4.78, 5) is 8.58. The van der Waals surface area contributed by atoms with Crippen LogP contribution in [-0.2, 0) is 13.0 Å². The van der Waals surface area contributed by atoms with Crippen molar-refractivity contribution in [1.29, 1.82) is 0 Å². The number of hydrogen-bond acceptors (Lipinski definition) is 5. The molecule has 0 saturated carbocycles. The van der Waals surface area contributed by atoms with Crippen LogP contribution < -0.4 is 5.32 Å². The first-order valence-corrected chi connectivity index (χ1v) is 7.03. The molecule has 0 aliphatic rings. The molecule has 0 aliphatic heterocycles. The lowest BCUT2D eigenvalue weighted by Crippen LogP contribution is -2.16. The summed E-state index contributed by atoms with van der Waals surface area (Å²) in [7, 11) is 0. The summed E-state index contributed by atoms with van der Waals surface area (Å²) in [6, 6.07) is 0. The fourth-order valence-electron chi connectivity index (χ4n) is 1.30. The quantitative estimate of drug-likeness (QED) is 0.852. The van der Waals surface area contributed by atoms with Gasteiger partial charge in [-0.15, -0.1) is 22.7 Å². The molecule has 0 aliphatic carbocycles. The lowest BCUT2D eigenvalue weighted by molar-refractivity contribution is 0.678. The molecule has 2 heterocycles. The van der Waals surface area contributed by atoms with Crippen LogP contribution in [0.25, 0.3) is 0 Å². The van der Waals surface area contributed by atoms with Gasteiger partial charge in [-0.05, 0) is 6.92 Å². The Morgan fingerprint density at radius 3 is 3.00 bits per heavy atom. The number of thiazole rings is 2. The molecular weight excluding hydrogens is 262 g/mol. The summed E-state index contributed by atoms with van der Waals surface area (Å²) >= 11 is 9.00. The zero-order chi connectivity index (χ0) is 11.4. The molecule has 2 aromatic rings. The molecule has 2 rings (SSSR count). The highest BCUT2D eigenvalue weighted by atomic mass is 35.5. The normalized spacial score (nSPS) is 10.9. The van der Waals surface area contributed by atoms with E-state index in [2.05, 4.69) is 20.7 Å². The predicted molar refractivity (Wildman–Crippen MR) is 69.4 cm³/mol. The maximum atomic E-state index is 5.79. The van der Waals surface area contributed by atoms with Crippen molar-refractivity contribution < 1.29 is 0 Å². The molecule has 0 fully saturated rings. The minimum absolute atomic E-state index is 0.743. The lowest BCUT2D eigenvalue weighted by atomic mass is 10.3. The average Bonchev–Trinajstić information content (AvgIpc) is 2.83. The number of rotatable bonds is 5. The number of nitrogens with one attached hydrogen (secondary N) is 1. The molecule has 1 N–H and O–H groups in total. The van der Waals surface area contributed by atoms with E-state index in [0.717, 1.165) is 39.6 Å². The summed E-state index contributed by atoms with van der Waals surface area (Å²) in [5, 5.41) is 7.59. The fraction of sp³-hybridized carbons (Fsp3) is 0.400. The van der Waals surface area contributed by atoms with E-state index in [1.165, 1.54) is 11.3 Å². The second-order valence-corrected chi connectivity index (χ2v) is 6.15. The van der Waals surface area contributed by atoms with Gasteiger partial charge in [0.05, 0.1) is 16.9 Å². The standard InChI is InChI=1S/C10H12ClN3S2/c1-7-14-8(6-15-7)2-3-12-5-10-13-4-9(11)16-10/h4,6,12H,2-3,5H2,1H3. The van der Waals surface area contributed by atoms with Gasteiger partial charge in [0.1, 0.15) is 9.34 Å². The first kappa shape index (κ1) is 12.0. The molecule has 0 bridgehead atoms. The lowest BCUT2D eigenvalue weighted by Gasteiger charge is -1.99. The molecule has 0 aromatic carbocycles. The van der Waals surface area contributed by atoms with E-state index in [1.807, 2.05) is 6.92 Å². The zero-order valence-corrected chi connectivity index (χ0v) is 11.3. The van der Waals surface area contributed by atoms with E-state index in [-0.39, 0.29) is 0 Å². The van der Waals surface area contributed by atoms with Gasteiger partial charge < -0.3 is 5.32 Å². The highest BCUT2D eigenvalue weighted by molar-refractivity contribution is 7.15. The topological polar surface area (TPSA) is 37.8 Å². The van der Waals surface area contributed by atoms with Gasteiger partial charge in [-0.1, -0.05) is 11.6 Å². The van der Waals surface area contributed by atoms with Crippen molar-refractivity contribution in [3.8, 4) is 0 Å². The molecule has 0 amide bonds. The van der Waals surface area contributed by atoms with E-state index in [1.54, 1.807) is 17.5 Å². The monoisotopic (exact) mass is 273 g/mol. The van der Waals surface area contributed by atoms with Crippen LogP contribution >= 0.6 is 34.3 Å². The van der Waals surface area contributed by atoms with Crippen molar-refractivity contribution >= 4 is 34.3 Å². The molecule has 0 unspecified atom stereocenters. The molecule has 0 radical (unpaired) electrons. The first-order valence-electron chi connectivity index (χ1n) is 4.96. The van der Waals surface area contributed by atoms with Crippen LogP contribution in [0.5, 0.6) is 0 Å².